The Morgan fingerprint density at radius 2 is 2.04 bits per heavy atom. The summed E-state index contributed by atoms with van der Waals surface area (Å²) < 4.78 is 11.5. The summed E-state index contributed by atoms with van der Waals surface area (Å²) in [6.45, 7) is 7.82. The van der Waals surface area contributed by atoms with Crippen LogP contribution >= 0.6 is 0 Å². The van der Waals surface area contributed by atoms with E-state index in [0.717, 1.165) is 76.8 Å². The molecule has 1 atom stereocenters. The molecular formula is C19H26N4O2. The second-order valence-corrected chi connectivity index (χ2v) is 7.09. The molecule has 1 aromatic carbocycles. The number of nitriles is 1. The van der Waals surface area contributed by atoms with Crippen molar-refractivity contribution in [2.45, 2.75) is 25.0 Å². The minimum atomic E-state index is 0.159. The van der Waals surface area contributed by atoms with Gasteiger partial charge in [-0.15, -0.1) is 0 Å². The first-order chi connectivity index (χ1) is 12.3. The van der Waals surface area contributed by atoms with Gasteiger partial charge in [0, 0.05) is 44.5 Å². The van der Waals surface area contributed by atoms with Gasteiger partial charge in [0.1, 0.15) is 17.9 Å². The average Bonchev–Trinajstić information content (AvgIpc) is 2.62. The molecule has 3 fully saturated rings. The van der Waals surface area contributed by atoms with Gasteiger partial charge in [0.25, 0.3) is 0 Å². The van der Waals surface area contributed by atoms with Crippen molar-refractivity contribution >= 4 is 5.69 Å². The number of benzene rings is 1. The van der Waals surface area contributed by atoms with Gasteiger partial charge in [-0.25, -0.2) is 0 Å². The number of rotatable bonds is 4. The molecule has 0 aromatic heterocycles. The topological polar surface area (TPSA) is 60.8 Å². The Hall–Kier alpha value is -1.81. The maximum atomic E-state index is 9.40. The standard InChI is InChI=1S/C19H26N4O2/c20-11-15-3-4-16(10-19(15)25-18-2-1-5-21-12-18)22-6-8-23(9-7-22)17-13-24-14-17/h3-4,10,17-18,21H,1-2,5-9,12-14H2. The number of nitrogens with zero attached hydrogens (tertiary/aromatic N) is 3. The van der Waals surface area contributed by atoms with Crippen LogP contribution in [-0.2, 0) is 4.74 Å². The molecule has 6 heteroatoms. The van der Waals surface area contributed by atoms with Crippen LogP contribution in [-0.4, -0.2) is 69.5 Å². The number of ether oxygens (including phenoxy) is 2. The van der Waals surface area contributed by atoms with Gasteiger partial charge in [-0.05, 0) is 31.5 Å². The van der Waals surface area contributed by atoms with E-state index in [1.165, 1.54) is 0 Å². The molecule has 4 rings (SSSR count). The molecule has 0 saturated carbocycles. The summed E-state index contributed by atoms with van der Waals surface area (Å²) in [6, 6.07) is 8.87. The molecule has 3 aliphatic rings. The third kappa shape index (κ3) is 3.74. The van der Waals surface area contributed by atoms with E-state index in [1.54, 1.807) is 0 Å². The Morgan fingerprint density at radius 3 is 2.68 bits per heavy atom. The Morgan fingerprint density at radius 1 is 1.20 bits per heavy atom. The molecule has 3 saturated heterocycles. The van der Waals surface area contributed by atoms with E-state index in [4.69, 9.17) is 9.47 Å². The zero-order chi connectivity index (χ0) is 17.1. The largest absolute Gasteiger partial charge is 0.488 e. The van der Waals surface area contributed by atoms with Gasteiger partial charge in [-0.1, -0.05) is 0 Å². The van der Waals surface area contributed by atoms with E-state index < -0.39 is 0 Å². The maximum Gasteiger partial charge on any atom is 0.139 e. The number of hydrogen-bond acceptors (Lipinski definition) is 6. The third-order valence-electron chi connectivity index (χ3n) is 5.45. The summed E-state index contributed by atoms with van der Waals surface area (Å²) in [5, 5.41) is 12.8. The fourth-order valence-corrected chi connectivity index (χ4v) is 3.78. The maximum absolute atomic E-state index is 9.40. The van der Waals surface area contributed by atoms with Crippen LogP contribution in [0, 0.1) is 11.3 Å². The molecule has 0 aliphatic carbocycles. The van der Waals surface area contributed by atoms with Crippen LogP contribution in [0.25, 0.3) is 0 Å². The van der Waals surface area contributed by atoms with Crippen LogP contribution < -0.4 is 15.0 Å². The number of hydrogen-bond donors (Lipinski definition) is 1. The molecule has 0 spiro atoms. The molecule has 1 aromatic rings. The average molecular weight is 342 g/mol. The molecular weight excluding hydrogens is 316 g/mol. The lowest BCUT2D eigenvalue weighted by atomic mass is 10.1. The SMILES string of the molecule is N#Cc1ccc(N2CCN(C3COC3)CC2)cc1OC1CCCNC1. The predicted octanol–water partition coefficient (Wildman–Crippen LogP) is 1.21. The molecule has 0 radical (unpaired) electrons. The summed E-state index contributed by atoms with van der Waals surface area (Å²) in [6.07, 6.45) is 2.33. The van der Waals surface area contributed by atoms with Crippen LogP contribution in [0.15, 0.2) is 18.2 Å². The second-order valence-electron chi connectivity index (χ2n) is 7.09. The molecule has 6 nitrogen and oxygen atoms in total. The second kappa shape index (κ2) is 7.61. The third-order valence-corrected chi connectivity index (χ3v) is 5.45. The summed E-state index contributed by atoms with van der Waals surface area (Å²) >= 11 is 0. The van der Waals surface area contributed by atoms with E-state index in [2.05, 4.69) is 27.3 Å². The first-order valence-electron chi connectivity index (χ1n) is 9.32. The normalized spacial score (nSPS) is 25.2. The van der Waals surface area contributed by atoms with Crippen LogP contribution in [0.5, 0.6) is 5.75 Å². The Labute approximate surface area is 149 Å². The van der Waals surface area contributed by atoms with Crippen molar-refractivity contribution in [1.82, 2.24) is 10.2 Å². The number of piperidine rings is 1. The summed E-state index contributed by atoms with van der Waals surface area (Å²) in [5.74, 6) is 0.725. The van der Waals surface area contributed by atoms with Crippen molar-refractivity contribution in [2.75, 3.05) is 57.4 Å². The molecule has 25 heavy (non-hydrogen) atoms. The fraction of sp³-hybridized carbons (Fsp3) is 0.632. The Balaban J connectivity index is 1.43. The lowest BCUT2D eigenvalue weighted by Gasteiger charge is -2.43. The highest BCUT2D eigenvalue weighted by molar-refractivity contribution is 5.57. The lowest BCUT2D eigenvalue weighted by Crippen LogP contribution is -2.56. The van der Waals surface area contributed by atoms with Crippen LogP contribution in [0.1, 0.15) is 18.4 Å². The molecule has 134 valence electrons. The van der Waals surface area contributed by atoms with Crippen molar-refractivity contribution in [2.24, 2.45) is 0 Å². The van der Waals surface area contributed by atoms with E-state index in [1.807, 2.05) is 12.1 Å². The molecule has 0 amide bonds. The summed E-state index contributed by atoms with van der Waals surface area (Å²) in [7, 11) is 0. The van der Waals surface area contributed by atoms with Crippen LogP contribution in [0.3, 0.4) is 0 Å². The summed E-state index contributed by atoms with van der Waals surface area (Å²) in [4.78, 5) is 4.91. The first kappa shape index (κ1) is 16.6. The molecule has 1 N–H and O–H groups in total. The number of nitrogens with one attached hydrogen (secondary N) is 1. The van der Waals surface area contributed by atoms with E-state index >= 15 is 0 Å². The van der Waals surface area contributed by atoms with Gasteiger partial charge in [-0.2, -0.15) is 5.26 Å². The highest BCUT2D eigenvalue weighted by Crippen LogP contribution is 2.28. The van der Waals surface area contributed by atoms with Gasteiger partial charge in [0.05, 0.1) is 24.8 Å². The molecule has 3 heterocycles. The zero-order valence-electron chi connectivity index (χ0n) is 14.6. The fourth-order valence-electron chi connectivity index (χ4n) is 3.78. The highest BCUT2D eigenvalue weighted by atomic mass is 16.5. The van der Waals surface area contributed by atoms with Crippen molar-refractivity contribution in [3.63, 3.8) is 0 Å². The zero-order valence-corrected chi connectivity index (χ0v) is 14.6. The molecule has 1 unspecified atom stereocenters. The van der Waals surface area contributed by atoms with Gasteiger partial charge in [0.2, 0.25) is 0 Å². The van der Waals surface area contributed by atoms with Crippen molar-refractivity contribution < 1.29 is 9.47 Å². The Kier molecular flexibility index (Phi) is 5.07. The summed E-state index contributed by atoms with van der Waals surface area (Å²) in [5.41, 5.74) is 1.78. The predicted molar refractivity (Wildman–Crippen MR) is 96.1 cm³/mol. The van der Waals surface area contributed by atoms with Gasteiger partial charge in [0.15, 0.2) is 0 Å². The smallest absolute Gasteiger partial charge is 0.139 e. The Bertz CT molecular complexity index is 627. The van der Waals surface area contributed by atoms with E-state index in [0.29, 0.717) is 11.6 Å². The van der Waals surface area contributed by atoms with Crippen molar-refractivity contribution in [3.8, 4) is 11.8 Å². The van der Waals surface area contributed by atoms with Crippen LogP contribution in [0.2, 0.25) is 0 Å². The van der Waals surface area contributed by atoms with Gasteiger partial charge < -0.3 is 19.7 Å². The highest BCUT2D eigenvalue weighted by Gasteiger charge is 2.29. The van der Waals surface area contributed by atoms with Crippen LogP contribution in [0.4, 0.5) is 5.69 Å². The molecule has 3 aliphatic heterocycles. The van der Waals surface area contributed by atoms with Crippen molar-refractivity contribution in [1.29, 1.82) is 5.26 Å². The van der Waals surface area contributed by atoms with E-state index in [9.17, 15) is 5.26 Å². The minimum absolute atomic E-state index is 0.159. The minimum Gasteiger partial charge on any atom is -0.488 e. The van der Waals surface area contributed by atoms with Gasteiger partial charge >= 0.3 is 0 Å². The quantitative estimate of drug-likeness (QED) is 0.888. The number of anilines is 1. The van der Waals surface area contributed by atoms with Crippen molar-refractivity contribution in [3.05, 3.63) is 23.8 Å². The monoisotopic (exact) mass is 342 g/mol. The molecule has 0 bridgehead atoms. The first-order valence-corrected chi connectivity index (χ1v) is 9.32. The number of piperazine rings is 1. The van der Waals surface area contributed by atoms with E-state index in [-0.39, 0.29) is 6.10 Å². The van der Waals surface area contributed by atoms with Gasteiger partial charge in [-0.3, -0.25) is 4.90 Å². The lowest BCUT2D eigenvalue weighted by molar-refractivity contribution is -0.0660.